The Morgan fingerprint density at radius 2 is 2.05 bits per heavy atom. The Hall–Kier alpha value is -1.83. The maximum Gasteiger partial charge on any atom is 0.297 e. The van der Waals surface area contributed by atoms with E-state index in [1.165, 1.54) is 11.3 Å². The molecule has 0 atom stereocenters. The maximum atomic E-state index is 12.0. The second kappa shape index (κ2) is 6.08. The second-order valence-corrected chi connectivity index (χ2v) is 6.31. The highest BCUT2D eigenvalue weighted by Crippen LogP contribution is 2.18. The van der Waals surface area contributed by atoms with Crippen molar-refractivity contribution < 1.29 is 4.79 Å². The first-order valence-corrected chi connectivity index (χ1v) is 7.33. The van der Waals surface area contributed by atoms with Crippen molar-refractivity contribution in [3.05, 3.63) is 16.7 Å². The van der Waals surface area contributed by atoms with E-state index in [4.69, 9.17) is 0 Å². The van der Waals surface area contributed by atoms with Gasteiger partial charge in [0.05, 0.1) is 0 Å². The minimum absolute atomic E-state index is 0.120. The van der Waals surface area contributed by atoms with Crippen molar-refractivity contribution in [1.29, 1.82) is 0 Å². The first kappa shape index (κ1) is 14.6. The number of amides is 1. The third kappa shape index (κ3) is 3.60. The SMILES string of the molecule is CC(C)Cc1nnc(NC(=O)c2n[nH]c(C(C)C)n2)s1. The number of H-pyrrole nitrogens is 1. The number of nitrogens with one attached hydrogen (secondary N) is 2. The zero-order valence-electron chi connectivity index (χ0n) is 12.0. The van der Waals surface area contributed by atoms with Crippen molar-refractivity contribution in [3.63, 3.8) is 0 Å². The van der Waals surface area contributed by atoms with E-state index in [0.29, 0.717) is 16.9 Å². The van der Waals surface area contributed by atoms with E-state index in [-0.39, 0.29) is 17.6 Å². The van der Waals surface area contributed by atoms with E-state index in [1.54, 1.807) is 0 Å². The monoisotopic (exact) mass is 294 g/mol. The molecule has 0 aliphatic carbocycles. The molecule has 0 saturated heterocycles. The fourth-order valence-electron chi connectivity index (χ4n) is 1.52. The molecule has 0 radical (unpaired) electrons. The van der Waals surface area contributed by atoms with Gasteiger partial charge in [0.25, 0.3) is 5.91 Å². The van der Waals surface area contributed by atoms with Gasteiger partial charge in [-0.1, -0.05) is 39.0 Å². The molecule has 0 aromatic carbocycles. The molecular formula is C12H18N6OS. The Kier molecular flexibility index (Phi) is 4.43. The van der Waals surface area contributed by atoms with Crippen LogP contribution in [0.3, 0.4) is 0 Å². The Balaban J connectivity index is 2.01. The van der Waals surface area contributed by atoms with Crippen molar-refractivity contribution in [3.8, 4) is 0 Å². The Bertz CT molecular complexity index is 588. The molecule has 2 heterocycles. The van der Waals surface area contributed by atoms with Crippen LogP contribution in [0.15, 0.2) is 0 Å². The first-order valence-electron chi connectivity index (χ1n) is 6.51. The van der Waals surface area contributed by atoms with Crippen LogP contribution < -0.4 is 5.32 Å². The van der Waals surface area contributed by atoms with Gasteiger partial charge in [-0.05, 0) is 5.92 Å². The lowest BCUT2D eigenvalue weighted by Gasteiger charge is -1.97. The summed E-state index contributed by atoms with van der Waals surface area (Å²) in [5, 5.41) is 18.7. The highest BCUT2D eigenvalue weighted by molar-refractivity contribution is 7.15. The van der Waals surface area contributed by atoms with E-state index in [2.05, 4.69) is 44.5 Å². The zero-order chi connectivity index (χ0) is 14.7. The van der Waals surface area contributed by atoms with Crippen molar-refractivity contribution in [2.24, 2.45) is 5.92 Å². The van der Waals surface area contributed by atoms with E-state index >= 15 is 0 Å². The number of nitrogens with zero attached hydrogens (tertiary/aromatic N) is 4. The minimum atomic E-state index is -0.375. The molecule has 2 aromatic rings. The van der Waals surface area contributed by atoms with E-state index in [0.717, 1.165) is 11.4 Å². The number of carbonyl (C=O) groups is 1. The topological polar surface area (TPSA) is 96.5 Å². The van der Waals surface area contributed by atoms with Gasteiger partial charge in [-0.3, -0.25) is 15.2 Å². The van der Waals surface area contributed by atoms with Crippen LogP contribution in [0.1, 0.15) is 55.1 Å². The van der Waals surface area contributed by atoms with Gasteiger partial charge in [0.2, 0.25) is 11.0 Å². The van der Waals surface area contributed by atoms with E-state index in [1.807, 2.05) is 13.8 Å². The molecule has 2 aromatic heterocycles. The van der Waals surface area contributed by atoms with Crippen LogP contribution in [0, 0.1) is 5.92 Å². The lowest BCUT2D eigenvalue weighted by Crippen LogP contribution is -2.13. The smallest absolute Gasteiger partial charge is 0.294 e. The summed E-state index contributed by atoms with van der Waals surface area (Å²) in [6.07, 6.45) is 0.853. The molecule has 0 aliphatic rings. The van der Waals surface area contributed by atoms with Gasteiger partial charge in [-0.15, -0.1) is 15.3 Å². The fourth-order valence-corrected chi connectivity index (χ4v) is 2.47. The summed E-state index contributed by atoms with van der Waals surface area (Å²) >= 11 is 1.38. The highest BCUT2D eigenvalue weighted by Gasteiger charge is 2.16. The number of aromatic amines is 1. The van der Waals surface area contributed by atoms with Crippen LogP contribution in [-0.4, -0.2) is 31.3 Å². The molecule has 0 bridgehead atoms. The normalized spacial score (nSPS) is 11.3. The lowest BCUT2D eigenvalue weighted by molar-refractivity contribution is 0.101. The van der Waals surface area contributed by atoms with Crippen LogP contribution in [0.4, 0.5) is 5.13 Å². The van der Waals surface area contributed by atoms with E-state index in [9.17, 15) is 4.79 Å². The van der Waals surface area contributed by atoms with Crippen molar-refractivity contribution >= 4 is 22.4 Å². The molecule has 0 unspecified atom stereocenters. The van der Waals surface area contributed by atoms with Crippen LogP contribution in [0.5, 0.6) is 0 Å². The predicted octanol–water partition coefficient (Wildman–Crippen LogP) is 2.23. The molecular weight excluding hydrogens is 276 g/mol. The molecule has 7 nitrogen and oxygen atoms in total. The van der Waals surface area contributed by atoms with Gasteiger partial charge in [-0.2, -0.15) is 0 Å². The van der Waals surface area contributed by atoms with Gasteiger partial charge >= 0.3 is 0 Å². The zero-order valence-corrected chi connectivity index (χ0v) is 12.8. The number of hydrogen-bond donors (Lipinski definition) is 2. The van der Waals surface area contributed by atoms with Crippen molar-refractivity contribution in [1.82, 2.24) is 25.4 Å². The predicted molar refractivity (Wildman–Crippen MR) is 76.9 cm³/mol. The quantitative estimate of drug-likeness (QED) is 0.881. The molecule has 2 N–H and O–H groups in total. The molecule has 0 aliphatic heterocycles. The number of hydrogen-bond acceptors (Lipinski definition) is 6. The molecule has 0 spiro atoms. The van der Waals surface area contributed by atoms with Gasteiger partial charge in [-0.25, -0.2) is 4.98 Å². The summed E-state index contributed by atoms with van der Waals surface area (Å²) in [6, 6.07) is 0. The van der Waals surface area contributed by atoms with Crippen LogP contribution in [0.2, 0.25) is 0 Å². The third-order valence-corrected chi connectivity index (χ3v) is 3.38. The number of aromatic nitrogens is 5. The molecule has 0 fully saturated rings. The number of carbonyl (C=O) groups excluding carboxylic acids is 1. The first-order chi connectivity index (χ1) is 9.45. The minimum Gasteiger partial charge on any atom is -0.294 e. The standard InChI is InChI=1S/C12H18N6OS/c1-6(2)5-8-15-18-12(20-8)14-11(19)10-13-9(7(3)4)16-17-10/h6-7H,5H2,1-4H3,(H,13,16,17)(H,14,18,19). The molecule has 20 heavy (non-hydrogen) atoms. The molecule has 2 rings (SSSR count). The molecule has 108 valence electrons. The summed E-state index contributed by atoms with van der Waals surface area (Å²) in [7, 11) is 0. The van der Waals surface area contributed by atoms with Gasteiger partial charge < -0.3 is 0 Å². The summed E-state index contributed by atoms with van der Waals surface area (Å²) < 4.78 is 0. The highest BCUT2D eigenvalue weighted by atomic mass is 32.1. The van der Waals surface area contributed by atoms with Gasteiger partial charge in [0, 0.05) is 12.3 Å². The fraction of sp³-hybridized carbons (Fsp3) is 0.583. The Morgan fingerprint density at radius 1 is 1.30 bits per heavy atom. The summed E-state index contributed by atoms with van der Waals surface area (Å²) in [5.74, 6) is 1.14. The summed E-state index contributed by atoms with van der Waals surface area (Å²) in [6.45, 7) is 8.18. The molecule has 0 saturated carbocycles. The van der Waals surface area contributed by atoms with Crippen LogP contribution in [0.25, 0.3) is 0 Å². The molecule has 8 heteroatoms. The Morgan fingerprint density at radius 3 is 2.65 bits per heavy atom. The van der Waals surface area contributed by atoms with Crippen molar-refractivity contribution in [2.75, 3.05) is 5.32 Å². The van der Waals surface area contributed by atoms with Gasteiger partial charge in [0.1, 0.15) is 10.8 Å². The van der Waals surface area contributed by atoms with Crippen molar-refractivity contribution in [2.45, 2.75) is 40.0 Å². The maximum absolute atomic E-state index is 12.0. The average Bonchev–Trinajstić information content (AvgIpc) is 2.97. The Labute approximate surface area is 121 Å². The average molecular weight is 294 g/mol. The van der Waals surface area contributed by atoms with Crippen LogP contribution >= 0.6 is 11.3 Å². The lowest BCUT2D eigenvalue weighted by atomic mass is 10.1. The molecule has 1 amide bonds. The third-order valence-electron chi connectivity index (χ3n) is 2.52. The summed E-state index contributed by atoms with van der Waals surface area (Å²) in [5.41, 5.74) is 0. The van der Waals surface area contributed by atoms with Crippen LogP contribution in [-0.2, 0) is 6.42 Å². The number of rotatable bonds is 5. The summed E-state index contributed by atoms with van der Waals surface area (Å²) in [4.78, 5) is 16.1. The second-order valence-electron chi connectivity index (χ2n) is 5.25. The van der Waals surface area contributed by atoms with E-state index < -0.39 is 0 Å². The largest absolute Gasteiger partial charge is 0.297 e. The number of anilines is 1. The van der Waals surface area contributed by atoms with Gasteiger partial charge in [0.15, 0.2) is 0 Å².